The maximum absolute atomic E-state index is 12.1. The van der Waals surface area contributed by atoms with Crippen molar-refractivity contribution in [3.8, 4) is 0 Å². The minimum absolute atomic E-state index is 0.249. The number of carbonyl (C=O) groups excluding carboxylic acids is 1. The number of aromatic amines is 1. The Morgan fingerprint density at radius 1 is 1.18 bits per heavy atom. The van der Waals surface area contributed by atoms with Gasteiger partial charge in [0.2, 0.25) is 0 Å². The average molecular weight is 356 g/mol. The number of amides is 1. The number of aryl methyl sites for hydroxylation is 1. The molecule has 0 saturated carbocycles. The topological polar surface area (TPSA) is 57.2 Å². The highest BCUT2D eigenvalue weighted by molar-refractivity contribution is 9.10. The van der Waals surface area contributed by atoms with Crippen LogP contribution in [-0.2, 0) is 0 Å². The van der Waals surface area contributed by atoms with E-state index in [1.807, 2.05) is 49.4 Å². The van der Waals surface area contributed by atoms with Crippen molar-refractivity contribution in [3.63, 3.8) is 0 Å². The summed E-state index contributed by atoms with van der Waals surface area (Å²) in [7, 11) is 0. The summed E-state index contributed by atoms with van der Waals surface area (Å²) in [5, 5.41) is 5.16. The first-order valence-corrected chi connectivity index (χ1v) is 7.61. The Morgan fingerprint density at radius 2 is 1.91 bits per heavy atom. The van der Waals surface area contributed by atoms with Gasteiger partial charge in [-0.1, -0.05) is 30.3 Å². The minimum atomic E-state index is -0.249. The maximum Gasteiger partial charge on any atom is 0.272 e. The molecule has 3 aromatic rings. The van der Waals surface area contributed by atoms with Crippen LogP contribution in [0.4, 0.5) is 0 Å². The van der Waals surface area contributed by atoms with Gasteiger partial charge in [-0.3, -0.25) is 4.79 Å². The summed E-state index contributed by atoms with van der Waals surface area (Å²) in [6.07, 6.45) is 1.67. The quantitative estimate of drug-likeness (QED) is 0.541. The zero-order chi connectivity index (χ0) is 15.5. The number of carbonyl (C=O) groups is 1. The van der Waals surface area contributed by atoms with Gasteiger partial charge in [0.15, 0.2) is 0 Å². The summed E-state index contributed by atoms with van der Waals surface area (Å²) in [6.45, 7) is 1.98. The van der Waals surface area contributed by atoms with Crippen molar-refractivity contribution in [1.29, 1.82) is 0 Å². The van der Waals surface area contributed by atoms with E-state index in [4.69, 9.17) is 0 Å². The molecule has 22 heavy (non-hydrogen) atoms. The lowest BCUT2D eigenvalue weighted by atomic mass is 10.1. The normalized spacial score (nSPS) is 11.2. The molecule has 1 heterocycles. The molecule has 0 aliphatic carbocycles. The molecule has 5 heteroatoms. The summed E-state index contributed by atoms with van der Waals surface area (Å²) in [5.41, 5.74) is 6.15. The molecular weight excluding hydrogens is 342 g/mol. The van der Waals surface area contributed by atoms with Gasteiger partial charge in [-0.15, -0.1) is 0 Å². The smallest absolute Gasteiger partial charge is 0.272 e. The molecule has 1 aromatic heterocycles. The molecule has 4 nitrogen and oxygen atoms in total. The van der Waals surface area contributed by atoms with Crippen LogP contribution in [0.3, 0.4) is 0 Å². The van der Waals surface area contributed by atoms with Gasteiger partial charge in [0, 0.05) is 26.6 Å². The summed E-state index contributed by atoms with van der Waals surface area (Å²) in [4.78, 5) is 15.4. The van der Waals surface area contributed by atoms with Gasteiger partial charge < -0.3 is 4.98 Å². The van der Waals surface area contributed by atoms with Crippen molar-refractivity contribution in [3.05, 3.63) is 69.8 Å². The predicted octanol–water partition coefficient (Wildman–Crippen LogP) is 4.00. The number of hydrazone groups is 1. The van der Waals surface area contributed by atoms with Crippen LogP contribution in [0.5, 0.6) is 0 Å². The number of hydrogen-bond donors (Lipinski definition) is 2. The molecule has 3 rings (SSSR count). The van der Waals surface area contributed by atoms with Gasteiger partial charge in [-0.05, 0) is 41.1 Å². The molecule has 2 aromatic carbocycles. The summed E-state index contributed by atoms with van der Waals surface area (Å²) >= 11 is 3.35. The van der Waals surface area contributed by atoms with Crippen molar-refractivity contribution in [2.45, 2.75) is 6.92 Å². The Balaban J connectivity index is 1.81. The summed E-state index contributed by atoms with van der Waals surface area (Å²) in [5.74, 6) is -0.249. The molecule has 0 saturated heterocycles. The van der Waals surface area contributed by atoms with Crippen LogP contribution < -0.4 is 5.43 Å². The first-order chi connectivity index (χ1) is 10.7. The van der Waals surface area contributed by atoms with Crippen LogP contribution in [0.1, 0.15) is 21.6 Å². The Hall–Kier alpha value is -2.40. The van der Waals surface area contributed by atoms with E-state index < -0.39 is 0 Å². The molecule has 0 radical (unpaired) electrons. The number of H-pyrrole nitrogens is 1. The fourth-order valence-corrected chi connectivity index (χ4v) is 2.79. The van der Waals surface area contributed by atoms with Crippen LogP contribution in [0, 0.1) is 6.92 Å². The number of hydrogen-bond acceptors (Lipinski definition) is 2. The number of aromatic nitrogens is 1. The number of benzene rings is 2. The Labute approximate surface area is 136 Å². The van der Waals surface area contributed by atoms with Crippen molar-refractivity contribution < 1.29 is 4.79 Å². The van der Waals surface area contributed by atoms with Crippen molar-refractivity contribution >= 4 is 39.0 Å². The summed E-state index contributed by atoms with van der Waals surface area (Å²) in [6, 6.07) is 15.2. The van der Waals surface area contributed by atoms with E-state index in [1.54, 1.807) is 12.3 Å². The number of nitrogens with one attached hydrogen (secondary N) is 2. The Kier molecular flexibility index (Phi) is 4.06. The zero-order valence-corrected chi connectivity index (χ0v) is 13.5. The fourth-order valence-electron chi connectivity index (χ4n) is 2.33. The highest BCUT2D eigenvalue weighted by Gasteiger charge is 2.08. The molecule has 0 aliphatic heterocycles. The molecule has 0 spiro atoms. The minimum Gasteiger partial charge on any atom is -0.358 e. The average Bonchev–Trinajstić information content (AvgIpc) is 2.83. The lowest BCUT2D eigenvalue weighted by Crippen LogP contribution is -2.18. The molecule has 1 amide bonds. The van der Waals surface area contributed by atoms with Crippen molar-refractivity contribution in [2.75, 3.05) is 0 Å². The largest absolute Gasteiger partial charge is 0.358 e. The summed E-state index contributed by atoms with van der Waals surface area (Å²) < 4.78 is 0.742. The number of halogens is 1. The molecule has 0 unspecified atom stereocenters. The highest BCUT2D eigenvalue weighted by atomic mass is 79.9. The third-order valence-corrected chi connectivity index (χ3v) is 4.11. The molecule has 0 fully saturated rings. The van der Waals surface area contributed by atoms with Crippen LogP contribution in [0.2, 0.25) is 0 Å². The van der Waals surface area contributed by atoms with Crippen LogP contribution in [0.25, 0.3) is 10.9 Å². The van der Waals surface area contributed by atoms with E-state index in [1.165, 1.54) is 0 Å². The van der Waals surface area contributed by atoms with E-state index >= 15 is 0 Å². The van der Waals surface area contributed by atoms with Crippen molar-refractivity contribution in [1.82, 2.24) is 10.4 Å². The SMILES string of the molecule is Cc1[nH]c2ccccc2c1C=NNC(=O)c1ccccc1Br. The molecule has 0 aliphatic rings. The van der Waals surface area contributed by atoms with Crippen LogP contribution >= 0.6 is 15.9 Å². The third-order valence-electron chi connectivity index (χ3n) is 3.42. The van der Waals surface area contributed by atoms with Gasteiger partial charge in [-0.25, -0.2) is 5.43 Å². The first-order valence-electron chi connectivity index (χ1n) is 6.82. The monoisotopic (exact) mass is 355 g/mol. The van der Waals surface area contributed by atoms with Gasteiger partial charge in [0.1, 0.15) is 0 Å². The van der Waals surface area contributed by atoms with E-state index in [2.05, 4.69) is 31.4 Å². The number of fused-ring (bicyclic) bond motifs is 1. The van der Waals surface area contributed by atoms with Gasteiger partial charge in [-0.2, -0.15) is 5.10 Å². The molecule has 0 atom stereocenters. The standard InChI is InChI=1S/C17H14BrN3O/c1-11-14(12-6-3-5-9-16(12)20-11)10-19-21-17(22)13-7-2-4-8-15(13)18/h2-10,20H,1H3,(H,21,22). The number of nitrogens with zero attached hydrogens (tertiary/aromatic N) is 1. The third kappa shape index (κ3) is 2.80. The molecular formula is C17H14BrN3O. The van der Waals surface area contributed by atoms with Gasteiger partial charge in [0.25, 0.3) is 5.91 Å². The van der Waals surface area contributed by atoms with E-state index in [0.29, 0.717) is 5.56 Å². The fraction of sp³-hybridized carbons (Fsp3) is 0.0588. The molecule has 110 valence electrons. The number of rotatable bonds is 3. The predicted molar refractivity (Wildman–Crippen MR) is 92.2 cm³/mol. The van der Waals surface area contributed by atoms with Crippen LogP contribution in [-0.4, -0.2) is 17.1 Å². The zero-order valence-electron chi connectivity index (χ0n) is 11.9. The molecule has 2 N–H and O–H groups in total. The molecule has 0 bridgehead atoms. The van der Waals surface area contributed by atoms with E-state index in [-0.39, 0.29) is 5.91 Å². The Morgan fingerprint density at radius 3 is 2.73 bits per heavy atom. The van der Waals surface area contributed by atoms with E-state index in [0.717, 1.165) is 26.6 Å². The van der Waals surface area contributed by atoms with Gasteiger partial charge in [0.05, 0.1) is 11.8 Å². The Bertz CT molecular complexity index is 867. The second kappa shape index (κ2) is 6.15. The first kappa shape index (κ1) is 14.5. The highest BCUT2D eigenvalue weighted by Crippen LogP contribution is 2.20. The van der Waals surface area contributed by atoms with Gasteiger partial charge >= 0.3 is 0 Å². The lowest BCUT2D eigenvalue weighted by Gasteiger charge is -2.01. The van der Waals surface area contributed by atoms with Crippen LogP contribution in [0.15, 0.2) is 58.1 Å². The second-order valence-electron chi connectivity index (χ2n) is 4.89. The lowest BCUT2D eigenvalue weighted by molar-refractivity contribution is 0.0954. The maximum atomic E-state index is 12.1. The van der Waals surface area contributed by atoms with E-state index in [9.17, 15) is 4.79 Å². The second-order valence-corrected chi connectivity index (χ2v) is 5.74. The van der Waals surface area contributed by atoms with Crippen molar-refractivity contribution in [2.24, 2.45) is 5.10 Å². The number of para-hydroxylation sites is 1.